The van der Waals surface area contributed by atoms with Crippen molar-refractivity contribution in [2.24, 2.45) is 16.3 Å². The van der Waals surface area contributed by atoms with E-state index in [-0.39, 0.29) is 24.0 Å². The molecule has 0 amide bonds. The average Bonchev–Trinajstić information content (AvgIpc) is 3.32. The Hall–Kier alpha value is -0.120. The van der Waals surface area contributed by atoms with E-state index in [0.29, 0.717) is 36.7 Å². The molecule has 27 heavy (non-hydrogen) atoms. The van der Waals surface area contributed by atoms with Crippen molar-refractivity contribution in [1.29, 1.82) is 0 Å². The predicted octanol–water partition coefficient (Wildman–Crippen LogP) is 2.90. The van der Waals surface area contributed by atoms with Gasteiger partial charge in [0.15, 0.2) is 5.96 Å². The van der Waals surface area contributed by atoms with E-state index in [1.165, 1.54) is 32.1 Å². The van der Waals surface area contributed by atoms with Gasteiger partial charge in [-0.05, 0) is 32.6 Å². The van der Waals surface area contributed by atoms with Crippen LogP contribution in [0.3, 0.4) is 0 Å². The number of hydrogen-bond donors (Lipinski definition) is 1. The first-order chi connectivity index (χ1) is 12.7. The van der Waals surface area contributed by atoms with Gasteiger partial charge in [0.05, 0.1) is 25.9 Å². The molecule has 1 heterocycles. The number of halogens is 1. The van der Waals surface area contributed by atoms with Crippen LogP contribution in [0.25, 0.3) is 0 Å². The highest BCUT2D eigenvalue weighted by atomic mass is 127. The number of methoxy groups -OCH3 is 1. The van der Waals surface area contributed by atoms with Crippen LogP contribution in [-0.2, 0) is 14.2 Å². The van der Waals surface area contributed by atoms with Crippen molar-refractivity contribution in [3.05, 3.63) is 0 Å². The molecule has 0 bridgehead atoms. The number of likely N-dealkylation sites (tertiary alicyclic amines) is 1. The van der Waals surface area contributed by atoms with Crippen LogP contribution in [0, 0.1) is 11.3 Å². The Kier molecular flexibility index (Phi) is 9.58. The van der Waals surface area contributed by atoms with Gasteiger partial charge in [-0.25, -0.2) is 0 Å². The van der Waals surface area contributed by atoms with Crippen LogP contribution >= 0.6 is 24.0 Å². The zero-order valence-corrected chi connectivity index (χ0v) is 19.6. The van der Waals surface area contributed by atoms with E-state index >= 15 is 0 Å². The maximum absolute atomic E-state index is 6.05. The summed E-state index contributed by atoms with van der Waals surface area (Å²) in [6.07, 6.45) is 7.99. The molecular weight excluding hydrogens is 457 g/mol. The Bertz CT molecular complexity index is 471. The van der Waals surface area contributed by atoms with Gasteiger partial charge < -0.3 is 24.4 Å². The largest absolute Gasteiger partial charge is 0.382 e. The minimum Gasteiger partial charge on any atom is -0.382 e. The zero-order chi connectivity index (χ0) is 18.4. The van der Waals surface area contributed by atoms with Crippen molar-refractivity contribution >= 4 is 29.9 Å². The summed E-state index contributed by atoms with van der Waals surface area (Å²) in [5, 5.41) is 3.80. The van der Waals surface area contributed by atoms with Crippen LogP contribution in [0.5, 0.6) is 0 Å². The van der Waals surface area contributed by atoms with Gasteiger partial charge in [-0.15, -0.1) is 24.0 Å². The first-order valence-electron chi connectivity index (χ1n) is 10.4. The Balaban J connectivity index is 0.00000261. The zero-order valence-electron chi connectivity index (χ0n) is 17.2. The number of nitrogens with zero attached hydrogens (tertiary/aromatic N) is 2. The van der Waals surface area contributed by atoms with Crippen LogP contribution in [0.4, 0.5) is 0 Å². The Morgan fingerprint density at radius 3 is 2.70 bits per heavy atom. The van der Waals surface area contributed by atoms with Crippen molar-refractivity contribution in [2.45, 2.75) is 57.6 Å². The van der Waals surface area contributed by atoms with E-state index in [9.17, 15) is 0 Å². The highest BCUT2D eigenvalue weighted by Gasteiger charge is 2.57. The summed E-state index contributed by atoms with van der Waals surface area (Å²) in [4.78, 5) is 7.00. The smallest absolute Gasteiger partial charge is 0.193 e. The fraction of sp³-hybridized carbons (Fsp3) is 0.950. The standard InChI is InChI=1S/C20H37N3O3.HI/c1-4-26-18-13-17(20(18)8-5-6-9-20)22-19(21-2)23-10-7-16(14-23)15-25-12-11-24-3;/h16-18H,4-15H2,1-3H3,(H,21,22);1H. The van der Waals surface area contributed by atoms with E-state index in [0.717, 1.165) is 38.7 Å². The monoisotopic (exact) mass is 495 g/mol. The number of nitrogens with one attached hydrogen (secondary N) is 1. The summed E-state index contributed by atoms with van der Waals surface area (Å²) in [7, 11) is 3.62. The van der Waals surface area contributed by atoms with Crippen molar-refractivity contribution in [3.63, 3.8) is 0 Å². The molecule has 3 unspecified atom stereocenters. The quantitative estimate of drug-likeness (QED) is 0.243. The van der Waals surface area contributed by atoms with E-state index in [4.69, 9.17) is 14.2 Å². The highest BCUT2D eigenvalue weighted by Crippen LogP contribution is 2.54. The van der Waals surface area contributed by atoms with Crippen LogP contribution < -0.4 is 5.32 Å². The van der Waals surface area contributed by atoms with Gasteiger partial charge >= 0.3 is 0 Å². The lowest BCUT2D eigenvalue weighted by Crippen LogP contribution is -2.65. The molecule has 1 saturated heterocycles. The highest BCUT2D eigenvalue weighted by molar-refractivity contribution is 14.0. The minimum atomic E-state index is 0. The molecule has 0 radical (unpaired) electrons. The summed E-state index contributed by atoms with van der Waals surface area (Å²) >= 11 is 0. The lowest BCUT2D eigenvalue weighted by molar-refractivity contribution is -0.126. The molecular formula is C20H38IN3O3. The maximum atomic E-state index is 6.05. The fourth-order valence-electron chi connectivity index (χ4n) is 5.10. The minimum absolute atomic E-state index is 0. The number of rotatable bonds is 8. The molecule has 0 aromatic rings. The topological polar surface area (TPSA) is 55.3 Å². The molecule has 158 valence electrons. The number of ether oxygens (including phenoxy) is 3. The first-order valence-corrected chi connectivity index (χ1v) is 10.4. The van der Waals surface area contributed by atoms with Gasteiger partial charge in [0.1, 0.15) is 0 Å². The van der Waals surface area contributed by atoms with Gasteiger partial charge in [-0.3, -0.25) is 4.99 Å². The van der Waals surface area contributed by atoms with Gasteiger partial charge in [-0.2, -0.15) is 0 Å². The summed E-state index contributed by atoms with van der Waals surface area (Å²) in [5.41, 5.74) is 0.342. The van der Waals surface area contributed by atoms with Gasteiger partial charge in [0, 0.05) is 51.2 Å². The van der Waals surface area contributed by atoms with Crippen molar-refractivity contribution in [3.8, 4) is 0 Å². The predicted molar refractivity (Wildman–Crippen MR) is 119 cm³/mol. The first kappa shape index (κ1) is 23.2. The van der Waals surface area contributed by atoms with E-state index in [1.54, 1.807) is 7.11 Å². The normalized spacial score (nSPS) is 29.7. The van der Waals surface area contributed by atoms with E-state index in [2.05, 4.69) is 22.1 Å². The fourth-order valence-corrected chi connectivity index (χ4v) is 5.10. The molecule has 0 aromatic carbocycles. The Morgan fingerprint density at radius 1 is 1.26 bits per heavy atom. The van der Waals surface area contributed by atoms with E-state index in [1.807, 2.05) is 7.05 Å². The molecule has 2 aliphatic carbocycles. The van der Waals surface area contributed by atoms with Crippen molar-refractivity contribution in [2.75, 3.05) is 53.7 Å². The molecule has 7 heteroatoms. The average molecular weight is 495 g/mol. The summed E-state index contributed by atoms with van der Waals surface area (Å²) in [6.45, 7) is 7.20. The molecule has 3 aliphatic rings. The third-order valence-electron chi connectivity index (χ3n) is 6.57. The van der Waals surface area contributed by atoms with Gasteiger partial charge in [-0.1, -0.05) is 12.8 Å². The van der Waals surface area contributed by atoms with Crippen LogP contribution in [-0.4, -0.2) is 76.7 Å². The second kappa shape index (κ2) is 11.2. The molecule has 1 aliphatic heterocycles. The number of aliphatic imine (C=N–C) groups is 1. The van der Waals surface area contributed by atoms with Crippen molar-refractivity contribution < 1.29 is 14.2 Å². The molecule has 1 spiro atoms. The third kappa shape index (κ3) is 5.28. The van der Waals surface area contributed by atoms with E-state index < -0.39 is 0 Å². The second-order valence-electron chi connectivity index (χ2n) is 8.03. The molecule has 0 aromatic heterocycles. The molecule has 2 saturated carbocycles. The molecule has 6 nitrogen and oxygen atoms in total. The van der Waals surface area contributed by atoms with Crippen LogP contribution in [0.2, 0.25) is 0 Å². The van der Waals surface area contributed by atoms with Gasteiger partial charge in [0.2, 0.25) is 0 Å². The number of guanidine groups is 1. The Labute approximate surface area is 181 Å². The lowest BCUT2D eigenvalue weighted by atomic mass is 9.60. The Morgan fingerprint density at radius 2 is 2.04 bits per heavy atom. The molecule has 3 rings (SSSR count). The van der Waals surface area contributed by atoms with Crippen LogP contribution in [0.1, 0.15) is 45.4 Å². The lowest BCUT2D eigenvalue weighted by Gasteiger charge is -2.54. The molecule has 3 atom stereocenters. The summed E-state index contributed by atoms with van der Waals surface area (Å²) in [5.74, 6) is 1.65. The second-order valence-corrected chi connectivity index (χ2v) is 8.03. The number of hydrogen-bond acceptors (Lipinski definition) is 4. The molecule has 1 N–H and O–H groups in total. The third-order valence-corrected chi connectivity index (χ3v) is 6.57. The van der Waals surface area contributed by atoms with Crippen molar-refractivity contribution in [1.82, 2.24) is 10.2 Å². The van der Waals surface area contributed by atoms with Crippen LogP contribution in [0.15, 0.2) is 4.99 Å². The molecule has 3 fully saturated rings. The summed E-state index contributed by atoms with van der Waals surface area (Å²) in [6, 6.07) is 0.511. The SMILES string of the molecule is CCOC1CC(NC(=NC)N2CCC(COCCOC)C2)C12CCCC2.I. The maximum Gasteiger partial charge on any atom is 0.193 e. The summed E-state index contributed by atoms with van der Waals surface area (Å²) < 4.78 is 16.8. The van der Waals surface area contributed by atoms with Gasteiger partial charge in [0.25, 0.3) is 0 Å².